The van der Waals surface area contributed by atoms with Crippen LogP contribution in [0.3, 0.4) is 0 Å². The van der Waals surface area contributed by atoms with Crippen LogP contribution in [0.5, 0.6) is 11.5 Å². The van der Waals surface area contributed by atoms with Gasteiger partial charge in [0, 0.05) is 31.8 Å². The number of methoxy groups -OCH3 is 2. The van der Waals surface area contributed by atoms with Crippen LogP contribution in [-0.4, -0.2) is 57.9 Å². The van der Waals surface area contributed by atoms with Gasteiger partial charge in [0.25, 0.3) is 0 Å². The van der Waals surface area contributed by atoms with Crippen LogP contribution in [0.2, 0.25) is 0 Å². The maximum Gasteiger partial charge on any atom is 0.244 e. The normalized spacial score (nSPS) is 15.8. The largest absolute Gasteiger partial charge is 0.497 e. The monoisotopic (exact) mass is 396 g/mol. The second kappa shape index (κ2) is 10.6. The first kappa shape index (κ1) is 20.9. The molecule has 1 aliphatic rings. The molecular weight excluding hydrogens is 368 g/mol. The van der Waals surface area contributed by atoms with E-state index in [0.29, 0.717) is 18.0 Å². The predicted molar refractivity (Wildman–Crippen MR) is 113 cm³/mol. The van der Waals surface area contributed by atoms with Gasteiger partial charge in [0.1, 0.15) is 11.5 Å². The lowest BCUT2D eigenvalue weighted by Crippen LogP contribution is -2.43. The third-order valence-electron chi connectivity index (χ3n) is 4.94. The number of hydrogen-bond donors (Lipinski definition) is 1. The lowest BCUT2D eigenvalue weighted by Gasteiger charge is -2.34. The summed E-state index contributed by atoms with van der Waals surface area (Å²) < 4.78 is 16.0. The van der Waals surface area contributed by atoms with Gasteiger partial charge in [-0.25, -0.2) is 0 Å². The molecular formula is C23H28N2O4. The molecule has 1 N–H and O–H groups in total. The van der Waals surface area contributed by atoms with Crippen LogP contribution in [0.15, 0.2) is 54.6 Å². The van der Waals surface area contributed by atoms with E-state index >= 15 is 0 Å². The van der Waals surface area contributed by atoms with Crippen molar-refractivity contribution in [3.63, 3.8) is 0 Å². The Morgan fingerprint density at radius 1 is 1.10 bits per heavy atom. The van der Waals surface area contributed by atoms with E-state index in [1.807, 2.05) is 30.3 Å². The van der Waals surface area contributed by atoms with Crippen LogP contribution < -0.4 is 14.8 Å². The number of amides is 1. The highest BCUT2D eigenvalue weighted by atomic mass is 16.5. The zero-order valence-electron chi connectivity index (χ0n) is 17.0. The van der Waals surface area contributed by atoms with Crippen molar-refractivity contribution in [1.82, 2.24) is 10.2 Å². The van der Waals surface area contributed by atoms with Gasteiger partial charge in [0.05, 0.1) is 33.5 Å². The van der Waals surface area contributed by atoms with Crippen LogP contribution in [0.25, 0.3) is 6.08 Å². The summed E-state index contributed by atoms with van der Waals surface area (Å²) in [5, 5.41) is 3.04. The Hall–Kier alpha value is -2.83. The van der Waals surface area contributed by atoms with Crippen LogP contribution >= 0.6 is 0 Å². The third kappa shape index (κ3) is 6.07. The number of nitrogens with zero attached hydrogens (tertiary/aromatic N) is 1. The average Bonchev–Trinajstić information content (AvgIpc) is 2.79. The van der Waals surface area contributed by atoms with Gasteiger partial charge in [0.15, 0.2) is 0 Å². The summed E-state index contributed by atoms with van der Waals surface area (Å²) in [7, 11) is 3.20. The van der Waals surface area contributed by atoms with E-state index in [1.165, 1.54) is 11.6 Å². The fourth-order valence-electron chi connectivity index (χ4n) is 3.38. The second-order valence-electron chi connectivity index (χ2n) is 6.80. The SMILES string of the molecule is COc1cc(/C=C/C(=O)NCC(c2ccccc2)N2CCOCC2)cc(OC)c1. The number of benzene rings is 2. The molecule has 1 fully saturated rings. The molecule has 6 nitrogen and oxygen atoms in total. The van der Waals surface area contributed by atoms with Crippen LogP contribution in [0.1, 0.15) is 17.2 Å². The first-order valence-corrected chi connectivity index (χ1v) is 9.75. The number of nitrogens with one attached hydrogen (secondary N) is 1. The predicted octanol–water partition coefficient (Wildman–Crippen LogP) is 2.91. The molecule has 1 unspecified atom stereocenters. The fourth-order valence-corrected chi connectivity index (χ4v) is 3.38. The smallest absolute Gasteiger partial charge is 0.244 e. The Balaban J connectivity index is 1.65. The second-order valence-corrected chi connectivity index (χ2v) is 6.80. The third-order valence-corrected chi connectivity index (χ3v) is 4.94. The summed E-state index contributed by atoms with van der Waals surface area (Å²) in [6, 6.07) is 15.9. The maximum atomic E-state index is 12.4. The summed E-state index contributed by atoms with van der Waals surface area (Å²) >= 11 is 0. The Labute approximate surface area is 172 Å². The number of morpholine rings is 1. The molecule has 0 radical (unpaired) electrons. The van der Waals surface area contributed by atoms with Gasteiger partial charge in [-0.05, 0) is 29.3 Å². The molecule has 0 spiro atoms. The molecule has 1 atom stereocenters. The van der Waals surface area contributed by atoms with E-state index in [1.54, 1.807) is 26.4 Å². The highest BCUT2D eigenvalue weighted by molar-refractivity contribution is 5.91. The Bertz CT molecular complexity index is 795. The lowest BCUT2D eigenvalue weighted by atomic mass is 10.0. The van der Waals surface area contributed by atoms with Crippen molar-refractivity contribution in [2.75, 3.05) is 47.1 Å². The van der Waals surface area contributed by atoms with E-state index in [-0.39, 0.29) is 11.9 Å². The molecule has 0 bridgehead atoms. The average molecular weight is 396 g/mol. The van der Waals surface area contributed by atoms with Gasteiger partial charge in [-0.2, -0.15) is 0 Å². The zero-order chi connectivity index (χ0) is 20.5. The first-order chi connectivity index (χ1) is 14.2. The van der Waals surface area contributed by atoms with E-state index in [4.69, 9.17) is 14.2 Å². The van der Waals surface area contributed by atoms with Gasteiger partial charge in [-0.1, -0.05) is 30.3 Å². The molecule has 2 aromatic carbocycles. The highest BCUT2D eigenvalue weighted by Crippen LogP contribution is 2.23. The minimum Gasteiger partial charge on any atom is -0.497 e. The molecule has 1 amide bonds. The van der Waals surface area contributed by atoms with Crippen LogP contribution in [0.4, 0.5) is 0 Å². The summed E-state index contributed by atoms with van der Waals surface area (Å²) in [6.07, 6.45) is 3.29. The Morgan fingerprint density at radius 2 is 1.76 bits per heavy atom. The van der Waals surface area contributed by atoms with Crippen LogP contribution in [-0.2, 0) is 9.53 Å². The molecule has 3 rings (SSSR count). The lowest BCUT2D eigenvalue weighted by molar-refractivity contribution is -0.116. The minimum absolute atomic E-state index is 0.120. The minimum atomic E-state index is -0.138. The molecule has 1 heterocycles. The molecule has 0 saturated carbocycles. The van der Waals surface area contributed by atoms with Gasteiger partial charge in [-0.3, -0.25) is 9.69 Å². The van der Waals surface area contributed by atoms with E-state index in [2.05, 4.69) is 22.3 Å². The van der Waals surface area contributed by atoms with Crippen LogP contribution in [0, 0.1) is 0 Å². The van der Waals surface area contributed by atoms with Crippen molar-refractivity contribution < 1.29 is 19.0 Å². The molecule has 0 aliphatic carbocycles. The van der Waals surface area contributed by atoms with E-state index in [9.17, 15) is 4.79 Å². The zero-order valence-corrected chi connectivity index (χ0v) is 17.0. The maximum absolute atomic E-state index is 12.4. The molecule has 0 aromatic heterocycles. The van der Waals surface area contributed by atoms with Gasteiger partial charge >= 0.3 is 0 Å². The fraction of sp³-hybridized carbons (Fsp3) is 0.348. The van der Waals surface area contributed by atoms with E-state index in [0.717, 1.165) is 31.9 Å². The summed E-state index contributed by atoms with van der Waals surface area (Å²) in [6.45, 7) is 3.68. The van der Waals surface area contributed by atoms with E-state index < -0.39 is 0 Å². The number of carbonyl (C=O) groups is 1. The Kier molecular flexibility index (Phi) is 7.67. The molecule has 1 aliphatic heterocycles. The number of carbonyl (C=O) groups excluding carboxylic acids is 1. The standard InChI is InChI=1S/C23H28N2O4/c1-27-20-14-18(15-21(16-20)28-2)8-9-23(26)24-17-22(19-6-4-3-5-7-19)25-10-12-29-13-11-25/h3-9,14-16,22H,10-13,17H2,1-2H3,(H,24,26)/b9-8+. The topological polar surface area (TPSA) is 60.0 Å². The van der Waals surface area contributed by atoms with Crippen molar-refractivity contribution in [1.29, 1.82) is 0 Å². The van der Waals surface area contributed by atoms with Crippen molar-refractivity contribution in [3.05, 3.63) is 65.7 Å². The molecule has 2 aromatic rings. The highest BCUT2D eigenvalue weighted by Gasteiger charge is 2.22. The van der Waals surface area contributed by atoms with Crippen molar-refractivity contribution in [2.45, 2.75) is 6.04 Å². The van der Waals surface area contributed by atoms with Gasteiger partial charge in [-0.15, -0.1) is 0 Å². The van der Waals surface area contributed by atoms with Gasteiger partial charge in [0.2, 0.25) is 5.91 Å². The molecule has 6 heteroatoms. The van der Waals surface area contributed by atoms with Crippen molar-refractivity contribution in [2.24, 2.45) is 0 Å². The quantitative estimate of drug-likeness (QED) is 0.696. The van der Waals surface area contributed by atoms with Crippen molar-refractivity contribution in [3.8, 4) is 11.5 Å². The first-order valence-electron chi connectivity index (χ1n) is 9.75. The summed E-state index contributed by atoms with van der Waals surface area (Å²) in [5.41, 5.74) is 2.03. The number of ether oxygens (including phenoxy) is 3. The van der Waals surface area contributed by atoms with Gasteiger partial charge < -0.3 is 19.5 Å². The number of hydrogen-bond acceptors (Lipinski definition) is 5. The number of rotatable bonds is 8. The molecule has 1 saturated heterocycles. The Morgan fingerprint density at radius 3 is 2.38 bits per heavy atom. The summed E-state index contributed by atoms with van der Waals surface area (Å²) in [4.78, 5) is 14.8. The van der Waals surface area contributed by atoms with Crippen molar-refractivity contribution >= 4 is 12.0 Å². The summed E-state index contributed by atoms with van der Waals surface area (Å²) in [5.74, 6) is 1.22. The molecule has 154 valence electrons. The molecule has 29 heavy (non-hydrogen) atoms.